The molecule has 0 spiro atoms. The predicted octanol–water partition coefficient (Wildman–Crippen LogP) is 3.89. The molecule has 0 bridgehead atoms. The molecular formula is C17H19ClF2N2O3S2. The average molecular weight is 437 g/mol. The molecule has 0 amide bonds. The van der Waals surface area contributed by atoms with Crippen molar-refractivity contribution in [1.29, 1.82) is 0 Å². The van der Waals surface area contributed by atoms with Gasteiger partial charge in [0.05, 0.1) is 15.7 Å². The number of benzene rings is 1. The second-order valence-corrected chi connectivity index (χ2v) is 11.1. The Morgan fingerprint density at radius 1 is 1.11 bits per heavy atom. The highest BCUT2D eigenvalue weighted by atomic mass is 35.5. The fourth-order valence-electron chi connectivity index (χ4n) is 2.07. The summed E-state index contributed by atoms with van der Waals surface area (Å²) in [6.07, 6.45) is 1.11. The van der Waals surface area contributed by atoms with Gasteiger partial charge in [0.15, 0.2) is 5.03 Å². The molecule has 2 aromatic rings. The highest BCUT2D eigenvalue weighted by molar-refractivity contribution is 7.92. The van der Waals surface area contributed by atoms with Crippen LogP contribution in [0.1, 0.15) is 32.4 Å². The summed E-state index contributed by atoms with van der Waals surface area (Å²) in [5.74, 6) is 0. The summed E-state index contributed by atoms with van der Waals surface area (Å²) < 4.78 is 69.5. The zero-order valence-corrected chi connectivity index (χ0v) is 17.2. The molecular weight excluding hydrogens is 418 g/mol. The molecule has 0 aliphatic carbocycles. The number of hydrogen-bond donors (Lipinski definition) is 1. The molecule has 1 aromatic heterocycles. The Balaban J connectivity index is 2.57. The van der Waals surface area contributed by atoms with E-state index in [9.17, 15) is 12.6 Å². The highest BCUT2D eigenvalue weighted by Crippen LogP contribution is 2.40. The Bertz CT molecular complexity index is 915. The van der Waals surface area contributed by atoms with Crippen molar-refractivity contribution in [3.8, 4) is 0 Å². The van der Waals surface area contributed by atoms with Gasteiger partial charge in [0.2, 0.25) is 0 Å². The van der Waals surface area contributed by atoms with E-state index in [-0.39, 0.29) is 5.56 Å². The van der Waals surface area contributed by atoms with Crippen LogP contribution in [-0.4, -0.2) is 27.6 Å². The van der Waals surface area contributed by atoms with Gasteiger partial charge >= 0.3 is 5.25 Å². The minimum atomic E-state index is -5.16. The lowest BCUT2D eigenvalue weighted by Crippen LogP contribution is -2.47. The third-order valence-electron chi connectivity index (χ3n) is 3.59. The van der Waals surface area contributed by atoms with Gasteiger partial charge < -0.3 is 0 Å². The third-order valence-corrected chi connectivity index (χ3v) is 7.15. The second kappa shape index (κ2) is 7.90. The quantitative estimate of drug-likeness (QED) is 0.745. The Morgan fingerprint density at radius 2 is 1.70 bits per heavy atom. The van der Waals surface area contributed by atoms with Crippen LogP contribution in [0, 0.1) is 0 Å². The molecule has 27 heavy (non-hydrogen) atoms. The monoisotopic (exact) mass is 436 g/mol. The summed E-state index contributed by atoms with van der Waals surface area (Å²) in [7, 11) is -7.12. The maximum absolute atomic E-state index is 15.2. The Kier molecular flexibility index (Phi) is 6.40. The van der Waals surface area contributed by atoms with Crippen LogP contribution < -0.4 is 4.72 Å². The van der Waals surface area contributed by atoms with Gasteiger partial charge in [-0.2, -0.15) is 8.78 Å². The SMILES string of the molecule is CC(C)(C)S(=O)N[C@@H](c1ccc(Cl)cc1)C(F)(F)S(=O)(=O)c1ccccn1. The Morgan fingerprint density at radius 3 is 2.19 bits per heavy atom. The predicted molar refractivity (Wildman–Crippen MR) is 102 cm³/mol. The van der Waals surface area contributed by atoms with Crippen molar-refractivity contribution in [2.45, 2.75) is 41.8 Å². The van der Waals surface area contributed by atoms with Gasteiger partial charge in [0.25, 0.3) is 9.84 Å². The maximum Gasteiger partial charge on any atom is 0.371 e. The van der Waals surface area contributed by atoms with Crippen LogP contribution in [0.3, 0.4) is 0 Å². The number of nitrogens with zero attached hydrogens (tertiary/aromatic N) is 1. The smallest absolute Gasteiger partial charge is 0.245 e. The van der Waals surface area contributed by atoms with Crippen molar-refractivity contribution >= 4 is 32.4 Å². The first-order chi connectivity index (χ1) is 12.4. The summed E-state index contributed by atoms with van der Waals surface area (Å²) in [5.41, 5.74) is -0.0680. The third kappa shape index (κ3) is 4.71. The molecule has 1 heterocycles. The standard InChI is InChI=1S/C17H19ClF2N2O3S2/c1-16(2,3)26(23)22-15(12-7-9-13(18)10-8-12)17(19,20)27(24,25)14-6-4-5-11-21-14/h4-11,15,22H,1-3H3/t15-,26?/m0/s1. The van der Waals surface area contributed by atoms with Crippen LogP contribution in [-0.2, 0) is 20.8 Å². The van der Waals surface area contributed by atoms with Gasteiger partial charge in [-0.15, -0.1) is 0 Å². The summed E-state index contributed by atoms with van der Waals surface area (Å²) in [6, 6.07) is 6.88. The highest BCUT2D eigenvalue weighted by Gasteiger charge is 2.55. The number of rotatable bonds is 6. The van der Waals surface area contributed by atoms with E-state index in [1.807, 2.05) is 0 Å². The average Bonchev–Trinajstić information content (AvgIpc) is 2.60. The fourth-order valence-corrected chi connectivity index (χ4v) is 4.36. The zero-order valence-electron chi connectivity index (χ0n) is 14.8. The number of alkyl halides is 2. The van der Waals surface area contributed by atoms with Gasteiger partial charge in [0.1, 0.15) is 6.04 Å². The molecule has 1 aromatic carbocycles. The van der Waals surface area contributed by atoms with Gasteiger partial charge in [-0.05, 0) is 50.6 Å². The van der Waals surface area contributed by atoms with Crippen LogP contribution in [0.2, 0.25) is 5.02 Å². The van der Waals surface area contributed by atoms with Crippen LogP contribution in [0.4, 0.5) is 8.78 Å². The molecule has 0 aliphatic rings. The summed E-state index contributed by atoms with van der Waals surface area (Å²) >= 11 is 5.80. The van der Waals surface area contributed by atoms with Gasteiger partial charge in [0, 0.05) is 11.2 Å². The molecule has 1 N–H and O–H groups in total. The molecule has 0 saturated carbocycles. The second-order valence-electron chi connectivity index (χ2n) is 6.72. The van der Waals surface area contributed by atoms with Crippen LogP contribution in [0.15, 0.2) is 53.7 Å². The largest absolute Gasteiger partial charge is 0.371 e. The molecule has 2 atom stereocenters. The summed E-state index contributed by atoms with van der Waals surface area (Å²) in [5, 5.41) is -4.79. The van der Waals surface area contributed by atoms with Crippen LogP contribution in [0.5, 0.6) is 0 Å². The molecule has 0 saturated heterocycles. The first kappa shape index (κ1) is 21.9. The summed E-state index contributed by atoms with van der Waals surface area (Å²) in [4.78, 5) is 3.54. The summed E-state index contributed by atoms with van der Waals surface area (Å²) in [6.45, 7) is 4.75. The molecule has 1 unspecified atom stereocenters. The first-order valence-corrected chi connectivity index (χ1v) is 10.9. The maximum atomic E-state index is 15.2. The van der Waals surface area contributed by atoms with Gasteiger partial charge in [-0.1, -0.05) is 29.8 Å². The lowest BCUT2D eigenvalue weighted by Gasteiger charge is -2.30. The number of sulfone groups is 1. The van der Waals surface area contributed by atoms with Crippen LogP contribution >= 0.6 is 11.6 Å². The van der Waals surface area contributed by atoms with Crippen molar-refractivity contribution in [2.75, 3.05) is 0 Å². The number of hydrogen-bond acceptors (Lipinski definition) is 4. The van der Waals surface area contributed by atoms with E-state index < -0.39 is 41.9 Å². The molecule has 0 aliphatic heterocycles. The normalized spacial score (nSPS) is 15.3. The van der Waals surface area contributed by atoms with Gasteiger partial charge in [-0.25, -0.2) is 22.3 Å². The topological polar surface area (TPSA) is 76.1 Å². The lowest BCUT2D eigenvalue weighted by molar-refractivity contribution is 0.0556. The molecule has 0 fully saturated rings. The van der Waals surface area contributed by atoms with E-state index in [1.54, 1.807) is 20.8 Å². The lowest BCUT2D eigenvalue weighted by atomic mass is 10.1. The van der Waals surface area contributed by atoms with E-state index >= 15 is 8.78 Å². The van der Waals surface area contributed by atoms with Gasteiger partial charge in [-0.3, -0.25) is 0 Å². The minimum absolute atomic E-state index is 0.0680. The number of aromatic nitrogens is 1. The first-order valence-electron chi connectivity index (χ1n) is 7.84. The van der Waals surface area contributed by atoms with E-state index in [0.29, 0.717) is 5.02 Å². The molecule has 0 radical (unpaired) electrons. The van der Waals surface area contributed by atoms with Crippen molar-refractivity contribution in [2.24, 2.45) is 0 Å². The molecule has 2 rings (SSSR count). The molecule has 10 heteroatoms. The van der Waals surface area contributed by atoms with E-state index in [4.69, 9.17) is 11.6 Å². The Labute approximate surface area is 164 Å². The minimum Gasteiger partial charge on any atom is -0.245 e. The number of nitrogens with one attached hydrogen (secondary N) is 1. The number of pyridine rings is 1. The van der Waals surface area contributed by atoms with Crippen molar-refractivity contribution in [3.05, 3.63) is 59.2 Å². The van der Waals surface area contributed by atoms with E-state index in [1.165, 1.54) is 36.4 Å². The van der Waals surface area contributed by atoms with Crippen LogP contribution in [0.25, 0.3) is 0 Å². The Hall–Kier alpha value is -1.42. The number of halogens is 3. The van der Waals surface area contributed by atoms with Crippen molar-refractivity contribution in [1.82, 2.24) is 9.71 Å². The van der Waals surface area contributed by atoms with Crippen molar-refractivity contribution < 1.29 is 21.4 Å². The molecule has 5 nitrogen and oxygen atoms in total. The fraction of sp³-hybridized carbons (Fsp3) is 0.353. The zero-order chi connectivity index (χ0) is 20.5. The molecule has 148 valence electrons. The van der Waals surface area contributed by atoms with E-state index in [2.05, 4.69) is 9.71 Å². The van der Waals surface area contributed by atoms with E-state index in [0.717, 1.165) is 12.3 Å². The van der Waals surface area contributed by atoms with Crippen molar-refractivity contribution in [3.63, 3.8) is 0 Å².